The van der Waals surface area contributed by atoms with Crippen molar-refractivity contribution < 1.29 is 15.0 Å². The molecule has 0 aliphatic rings. The normalized spacial score (nSPS) is 13.7. The van der Waals surface area contributed by atoms with Crippen LogP contribution in [0, 0.1) is 5.41 Å². The van der Waals surface area contributed by atoms with Crippen LogP contribution in [0.25, 0.3) is 0 Å². The standard InChI is InChI=1S/C10H22N2O3/c1-4-11-9(15)8(2)12-5-10(3,6-13)7-14/h8,12-14H,4-7H2,1-3H3,(H,11,15). The van der Waals surface area contributed by atoms with E-state index in [1.54, 1.807) is 13.8 Å². The minimum absolute atomic E-state index is 0.0734. The summed E-state index contributed by atoms with van der Waals surface area (Å²) in [6.07, 6.45) is 0. The van der Waals surface area contributed by atoms with Crippen molar-refractivity contribution >= 4 is 5.91 Å². The van der Waals surface area contributed by atoms with Gasteiger partial charge in [-0.3, -0.25) is 4.79 Å². The SMILES string of the molecule is CCNC(=O)C(C)NCC(C)(CO)CO. The quantitative estimate of drug-likeness (QED) is 0.446. The highest BCUT2D eigenvalue weighted by molar-refractivity contribution is 5.81. The number of amides is 1. The maximum absolute atomic E-state index is 11.3. The smallest absolute Gasteiger partial charge is 0.236 e. The molecule has 4 N–H and O–H groups in total. The first-order valence-electron chi connectivity index (χ1n) is 5.22. The molecular weight excluding hydrogens is 196 g/mol. The summed E-state index contributed by atoms with van der Waals surface area (Å²) in [7, 11) is 0. The number of carbonyl (C=O) groups excluding carboxylic acids is 1. The first kappa shape index (κ1) is 14.3. The largest absolute Gasteiger partial charge is 0.396 e. The van der Waals surface area contributed by atoms with Crippen LogP contribution in [0.3, 0.4) is 0 Å². The van der Waals surface area contributed by atoms with Crippen LogP contribution >= 0.6 is 0 Å². The zero-order valence-corrected chi connectivity index (χ0v) is 9.71. The molecule has 0 heterocycles. The lowest BCUT2D eigenvalue weighted by molar-refractivity contribution is -0.122. The van der Waals surface area contributed by atoms with Gasteiger partial charge in [0.05, 0.1) is 19.3 Å². The van der Waals surface area contributed by atoms with Gasteiger partial charge in [-0.2, -0.15) is 0 Å². The highest BCUT2D eigenvalue weighted by Gasteiger charge is 2.24. The highest BCUT2D eigenvalue weighted by Crippen LogP contribution is 2.12. The molecule has 0 aromatic carbocycles. The number of hydrogen-bond donors (Lipinski definition) is 4. The van der Waals surface area contributed by atoms with Crippen LogP contribution in [0.5, 0.6) is 0 Å². The average Bonchev–Trinajstić information content (AvgIpc) is 2.25. The molecule has 0 aliphatic carbocycles. The second kappa shape index (κ2) is 6.76. The Kier molecular flexibility index (Phi) is 6.47. The van der Waals surface area contributed by atoms with E-state index < -0.39 is 5.41 Å². The molecule has 1 unspecified atom stereocenters. The summed E-state index contributed by atoms with van der Waals surface area (Å²) < 4.78 is 0. The summed E-state index contributed by atoms with van der Waals surface area (Å²) in [4.78, 5) is 11.3. The Morgan fingerprint density at radius 2 is 1.93 bits per heavy atom. The van der Waals surface area contributed by atoms with Crippen LogP contribution in [0.2, 0.25) is 0 Å². The molecule has 90 valence electrons. The van der Waals surface area contributed by atoms with E-state index in [2.05, 4.69) is 10.6 Å². The lowest BCUT2D eigenvalue weighted by Crippen LogP contribution is -2.47. The monoisotopic (exact) mass is 218 g/mol. The van der Waals surface area contributed by atoms with Crippen molar-refractivity contribution in [1.29, 1.82) is 0 Å². The number of hydrogen-bond acceptors (Lipinski definition) is 4. The number of nitrogens with one attached hydrogen (secondary N) is 2. The van der Waals surface area contributed by atoms with Crippen molar-refractivity contribution in [3.63, 3.8) is 0 Å². The maximum Gasteiger partial charge on any atom is 0.236 e. The van der Waals surface area contributed by atoms with Gasteiger partial charge in [-0.25, -0.2) is 0 Å². The summed E-state index contributed by atoms with van der Waals surface area (Å²) in [5.41, 5.74) is -0.583. The Balaban J connectivity index is 3.98. The molecule has 1 atom stereocenters. The number of likely N-dealkylation sites (N-methyl/N-ethyl adjacent to an activating group) is 1. The van der Waals surface area contributed by atoms with Crippen molar-refractivity contribution in [2.75, 3.05) is 26.3 Å². The molecule has 0 aromatic rings. The molecule has 0 saturated heterocycles. The molecule has 5 nitrogen and oxygen atoms in total. The minimum atomic E-state index is -0.583. The second-order valence-corrected chi connectivity index (χ2v) is 4.12. The van der Waals surface area contributed by atoms with Crippen molar-refractivity contribution in [2.45, 2.75) is 26.8 Å². The Morgan fingerprint density at radius 3 is 2.33 bits per heavy atom. The summed E-state index contributed by atoms with van der Waals surface area (Å²) in [6.45, 7) is 6.14. The third kappa shape index (κ3) is 5.11. The Morgan fingerprint density at radius 1 is 1.40 bits per heavy atom. The van der Waals surface area contributed by atoms with Crippen LogP contribution in [-0.4, -0.2) is 48.5 Å². The first-order chi connectivity index (χ1) is 6.99. The minimum Gasteiger partial charge on any atom is -0.396 e. The van der Waals surface area contributed by atoms with Crippen molar-refractivity contribution in [3.05, 3.63) is 0 Å². The fraction of sp³-hybridized carbons (Fsp3) is 0.900. The predicted octanol–water partition coefficient (Wildman–Crippen LogP) is -0.908. The summed E-state index contributed by atoms with van der Waals surface area (Å²) in [5.74, 6) is -0.0734. The van der Waals surface area contributed by atoms with Crippen molar-refractivity contribution in [3.8, 4) is 0 Å². The van der Waals surface area contributed by atoms with Gasteiger partial charge in [-0.15, -0.1) is 0 Å². The molecule has 0 saturated carbocycles. The second-order valence-electron chi connectivity index (χ2n) is 4.12. The van der Waals surface area contributed by atoms with Gasteiger partial charge in [0.1, 0.15) is 0 Å². The fourth-order valence-electron chi connectivity index (χ4n) is 0.981. The average molecular weight is 218 g/mol. The van der Waals surface area contributed by atoms with Gasteiger partial charge in [0.15, 0.2) is 0 Å². The summed E-state index contributed by atoms with van der Waals surface area (Å²) in [5, 5.41) is 23.7. The van der Waals surface area contributed by atoms with Crippen LogP contribution < -0.4 is 10.6 Å². The van der Waals surface area contributed by atoms with Gasteiger partial charge in [0, 0.05) is 18.5 Å². The molecule has 0 spiro atoms. The highest BCUT2D eigenvalue weighted by atomic mass is 16.3. The maximum atomic E-state index is 11.3. The molecular formula is C10H22N2O3. The molecule has 0 aromatic heterocycles. The van der Waals surface area contributed by atoms with E-state index in [-0.39, 0.29) is 25.2 Å². The third-order valence-corrected chi connectivity index (χ3v) is 2.34. The molecule has 0 fully saturated rings. The zero-order chi connectivity index (χ0) is 11.9. The van der Waals surface area contributed by atoms with E-state index in [0.717, 1.165) is 0 Å². The molecule has 15 heavy (non-hydrogen) atoms. The van der Waals surface area contributed by atoms with Gasteiger partial charge >= 0.3 is 0 Å². The van der Waals surface area contributed by atoms with Gasteiger partial charge in [0.2, 0.25) is 5.91 Å². The lowest BCUT2D eigenvalue weighted by Gasteiger charge is -2.26. The van der Waals surface area contributed by atoms with E-state index in [1.807, 2.05) is 6.92 Å². The van der Waals surface area contributed by atoms with Crippen molar-refractivity contribution in [1.82, 2.24) is 10.6 Å². The number of carbonyl (C=O) groups is 1. The Bertz CT molecular complexity index is 193. The molecule has 0 bridgehead atoms. The molecule has 5 heteroatoms. The summed E-state index contributed by atoms with van der Waals surface area (Å²) >= 11 is 0. The van der Waals surface area contributed by atoms with E-state index in [1.165, 1.54) is 0 Å². The molecule has 0 rings (SSSR count). The summed E-state index contributed by atoms with van der Waals surface area (Å²) in [6, 6.07) is -0.317. The Hall–Kier alpha value is -0.650. The van der Waals surface area contributed by atoms with Crippen LogP contribution in [0.1, 0.15) is 20.8 Å². The number of aliphatic hydroxyl groups excluding tert-OH is 2. The van der Waals surface area contributed by atoms with E-state index in [0.29, 0.717) is 13.1 Å². The van der Waals surface area contributed by atoms with Crippen LogP contribution in [-0.2, 0) is 4.79 Å². The fourth-order valence-corrected chi connectivity index (χ4v) is 0.981. The third-order valence-electron chi connectivity index (χ3n) is 2.34. The first-order valence-corrected chi connectivity index (χ1v) is 5.22. The Labute approximate surface area is 90.9 Å². The lowest BCUT2D eigenvalue weighted by atomic mass is 9.93. The van der Waals surface area contributed by atoms with E-state index in [4.69, 9.17) is 10.2 Å². The van der Waals surface area contributed by atoms with Crippen LogP contribution in [0.15, 0.2) is 0 Å². The number of rotatable bonds is 7. The van der Waals surface area contributed by atoms with E-state index >= 15 is 0 Å². The molecule has 0 radical (unpaired) electrons. The molecule has 0 aliphatic heterocycles. The topological polar surface area (TPSA) is 81.6 Å². The van der Waals surface area contributed by atoms with Gasteiger partial charge in [-0.1, -0.05) is 6.92 Å². The number of aliphatic hydroxyl groups is 2. The predicted molar refractivity (Wildman–Crippen MR) is 58.4 cm³/mol. The molecule has 1 amide bonds. The van der Waals surface area contributed by atoms with Crippen molar-refractivity contribution in [2.24, 2.45) is 5.41 Å². The van der Waals surface area contributed by atoms with Gasteiger partial charge in [0.25, 0.3) is 0 Å². The van der Waals surface area contributed by atoms with Gasteiger partial charge < -0.3 is 20.8 Å². The van der Waals surface area contributed by atoms with Gasteiger partial charge in [-0.05, 0) is 13.8 Å². The van der Waals surface area contributed by atoms with Crippen LogP contribution in [0.4, 0.5) is 0 Å². The zero-order valence-electron chi connectivity index (χ0n) is 9.71. The van der Waals surface area contributed by atoms with E-state index in [9.17, 15) is 4.79 Å².